The second-order valence-electron chi connectivity index (χ2n) is 7.80. The first kappa shape index (κ1) is 26.2. The van der Waals surface area contributed by atoms with Crippen LogP contribution < -0.4 is 5.69 Å². The van der Waals surface area contributed by atoms with Crippen molar-refractivity contribution in [2.45, 2.75) is 37.7 Å². The fraction of sp³-hybridized carbons (Fsp3) is 0.304. The molecule has 0 aliphatic rings. The van der Waals surface area contributed by atoms with Crippen LogP contribution >= 0.6 is 11.6 Å². The number of aliphatic hydroxyl groups is 2. The van der Waals surface area contributed by atoms with Crippen LogP contribution in [0.15, 0.2) is 53.3 Å². The lowest BCUT2D eigenvalue weighted by atomic mass is 9.93. The highest BCUT2D eigenvalue weighted by molar-refractivity contribution is 6.30. The predicted molar refractivity (Wildman–Crippen MR) is 120 cm³/mol. The van der Waals surface area contributed by atoms with Gasteiger partial charge in [-0.1, -0.05) is 23.7 Å². The fourth-order valence-corrected chi connectivity index (χ4v) is 3.58. The van der Waals surface area contributed by atoms with Crippen molar-refractivity contribution in [1.82, 2.24) is 14.3 Å². The molecule has 12 heteroatoms. The van der Waals surface area contributed by atoms with E-state index in [0.717, 1.165) is 4.68 Å². The van der Waals surface area contributed by atoms with E-state index in [9.17, 15) is 33.0 Å². The molecule has 0 bridgehead atoms. The van der Waals surface area contributed by atoms with Crippen molar-refractivity contribution in [1.29, 1.82) is 5.26 Å². The first-order chi connectivity index (χ1) is 16.5. The Morgan fingerprint density at radius 3 is 2.49 bits per heavy atom. The number of carbonyl (C=O) groups excluding carboxylic acids is 1. The van der Waals surface area contributed by atoms with E-state index in [1.54, 1.807) is 18.2 Å². The lowest BCUT2D eigenvalue weighted by Crippen LogP contribution is -2.37. The van der Waals surface area contributed by atoms with Gasteiger partial charge in [-0.2, -0.15) is 18.4 Å². The van der Waals surface area contributed by atoms with Crippen LogP contribution in [-0.2, 0) is 17.9 Å². The highest BCUT2D eigenvalue weighted by Crippen LogP contribution is 2.24. The number of Topliss-reactive ketones (excluding diaryl/α,β-unsaturated/α-hetero) is 1. The van der Waals surface area contributed by atoms with Gasteiger partial charge in [-0.25, -0.2) is 9.48 Å². The molecule has 1 heterocycles. The van der Waals surface area contributed by atoms with E-state index in [4.69, 9.17) is 16.9 Å². The van der Waals surface area contributed by atoms with E-state index >= 15 is 0 Å². The Kier molecular flexibility index (Phi) is 8.11. The topological polar surface area (TPSA) is 121 Å². The van der Waals surface area contributed by atoms with Crippen LogP contribution in [0.5, 0.6) is 0 Å². The largest absolute Gasteiger partial charge is 0.416 e. The SMILES string of the molecule is N#Cc1cccc([C@H](CO)CC(=O)Cn2nc(-c3ccc(Cl)cc3)n(C[C@H](O)C(F)(F)F)c2=O)c1. The Morgan fingerprint density at radius 1 is 1.20 bits per heavy atom. The minimum Gasteiger partial charge on any atom is -0.396 e. The number of alkyl halides is 3. The van der Waals surface area contributed by atoms with Gasteiger partial charge in [0.25, 0.3) is 0 Å². The van der Waals surface area contributed by atoms with Gasteiger partial charge in [-0.05, 0) is 42.0 Å². The lowest BCUT2D eigenvalue weighted by Gasteiger charge is -2.15. The number of benzene rings is 2. The average Bonchev–Trinajstić information content (AvgIpc) is 3.12. The number of aromatic nitrogens is 3. The van der Waals surface area contributed by atoms with Crippen LogP contribution in [0.4, 0.5) is 13.2 Å². The number of hydrogen-bond acceptors (Lipinski definition) is 6. The Morgan fingerprint density at radius 2 is 1.89 bits per heavy atom. The smallest absolute Gasteiger partial charge is 0.396 e. The fourth-order valence-electron chi connectivity index (χ4n) is 3.45. The highest BCUT2D eigenvalue weighted by Gasteiger charge is 2.39. The Bertz CT molecular complexity index is 1300. The van der Waals surface area contributed by atoms with Gasteiger partial charge in [0.1, 0.15) is 6.54 Å². The quantitative estimate of drug-likeness (QED) is 0.458. The molecule has 2 N–H and O–H groups in total. The molecule has 2 aromatic carbocycles. The first-order valence-corrected chi connectivity index (χ1v) is 10.7. The molecule has 0 fully saturated rings. The van der Waals surface area contributed by atoms with Crippen molar-refractivity contribution in [3.05, 3.63) is 75.2 Å². The zero-order valence-corrected chi connectivity index (χ0v) is 18.9. The summed E-state index contributed by atoms with van der Waals surface area (Å²) in [6.07, 6.45) is -8.00. The van der Waals surface area contributed by atoms with Gasteiger partial charge < -0.3 is 10.2 Å². The van der Waals surface area contributed by atoms with Gasteiger partial charge in [0.05, 0.1) is 24.8 Å². The zero-order chi connectivity index (χ0) is 25.8. The molecule has 0 saturated heterocycles. The number of hydrogen-bond donors (Lipinski definition) is 2. The number of carbonyl (C=O) groups is 1. The number of halogens is 4. The molecular weight excluding hydrogens is 489 g/mol. The lowest BCUT2D eigenvalue weighted by molar-refractivity contribution is -0.207. The molecule has 35 heavy (non-hydrogen) atoms. The maximum absolute atomic E-state index is 13.0. The molecule has 3 aromatic rings. The van der Waals surface area contributed by atoms with Crippen molar-refractivity contribution in [2.75, 3.05) is 6.61 Å². The Balaban J connectivity index is 1.90. The van der Waals surface area contributed by atoms with Crippen LogP contribution in [-0.4, -0.2) is 49.2 Å². The first-order valence-electron chi connectivity index (χ1n) is 10.3. The number of aliphatic hydroxyl groups excluding tert-OH is 2. The zero-order valence-electron chi connectivity index (χ0n) is 18.1. The van der Waals surface area contributed by atoms with E-state index in [1.807, 2.05) is 6.07 Å². The second kappa shape index (κ2) is 10.9. The molecule has 0 aliphatic heterocycles. The summed E-state index contributed by atoms with van der Waals surface area (Å²) in [7, 11) is 0. The van der Waals surface area contributed by atoms with E-state index < -0.39 is 49.4 Å². The second-order valence-corrected chi connectivity index (χ2v) is 8.23. The monoisotopic (exact) mass is 508 g/mol. The minimum absolute atomic E-state index is 0.178. The molecule has 1 aromatic heterocycles. The van der Waals surface area contributed by atoms with Crippen LogP contribution in [0.2, 0.25) is 5.02 Å². The molecule has 3 rings (SSSR count). The van der Waals surface area contributed by atoms with Gasteiger partial charge in [0.2, 0.25) is 0 Å². The van der Waals surface area contributed by atoms with Crippen LogP contribution in [0, 0.1) is 11.3 Å². The molecule has 0 radical (unpaired) electrons. The summed E-state index contributed by atoms with van der Waals surface area (Å²) in [6.45, 7) is -2.09. The number of nitriles is 1. The molecular formula is C23H20ClF3N4O4. The summed E-state index contributed by atoms with van der Waals surface area (Å²) >= 11 is 5.85. The minimum atomic E-state index is -4.97. The van der Waals surface area contributed by atoms with Gasteiger partial charge in [-0.3, -0.25) is 9.36 Å². The van der Waals surface area contributed by atoms with Crippen molar-refractivity contribution in [3.63, 3.8) is 0 Å². The standard InChI is InChI=1S/C23H20ClF3N4O4/c24-18-6-4-15(5-7-18)21-29-31(22(35)30(21)12-20(34)23(25,26)27)11-19(33)9-17(13-32)16-3-1-2-14(8-16)10-28/h1-8,17,20,32,34H,9,11-13H2/t17-,20-/m0/s1. The molecule has 0 aliphatic carbocycles. The van der Waals surface area contributed by atoms with Gasteiger partial charge in [0.15, 0.2) is 17.7 Å². The summed E-state index contributed by atoms with van der Waals surface area (Å²) in [6, 6.07) is 14.1. The third kappa shape index (κ3) is 6.36. The summed E-state index contributed by atoms with van der Waals surface area (Å²) in [5.74, 6) is -1.35. The molecule has 0 spiro atoms. The highest BCUT2D eigenvalue weighted by atomic mass is 35.5. The molecule has 184 valence electrons. The van der Waals surface area contributed by atoms with Crippen LogP contribution in [0.3, 0.4) is 0 Å². The molecule has 0 saturated carbocycles. The van der Waals surface area contributed by atoms with E-state index in [-0.39, 0.29) is 17.8 Å². The number of ketones is 1. The van der Waals surface area contributed by atoms with Gasteiger partial charge in [0, 0.05) is 22.9 Å². The number of nitrogens with zero attached hydrogens (tertiary/aromatic N) is 4. The summed E-state index contributed by atoms with van der Waals surface area (Å²) in [5.41, 5.74) is 0.138. The number of rotatable bonds is 9. The van der Waals surface area contributed by atoms with Crippen molar-refractivity contribution in [2.24, 2.45) is 0 Å². The van der Waals surface area contributed by atoms with Gasteiger partial charge in [-0.15, -0.1) is 5.10 Å². The van der Waals surface area contributed by atoms with E-state index in [2.05, 4.69) is 5.10 Å². The molecule has 0 unspecified atom stereocenters. The van der Waals surface area contributed by atoms with Gasteiger partial charge >= 0.3 is 11.9 Å². The third-order valence-corrected chi connectivity index (χ3v) is 5.52. The van der Waals surface area contributed by atoms with Crippen molar-refractivity contribution < 1.29 is 28.2 Å². The summed E-state index contributed by atoms with van der Waals surface area (Å²) in [4.78, 5) is 25.6. The maximum atomic E-state index is 13.0. The van der Waals surface area contributed by atoms with E-state index in [0.29, 0.717) is 20.7 Å². The third-order valence-electron chi connectivity index (χ3n) is 5.27. The van der Waals surface area contributed by atoms with Crippen LogP contribution in [0.1, 0.15) is 23.5 Å². The van der Waals surface area contributed by atoms with Crippen LogP contribution in [0.25, 0.3) is 11.4 Å². The van der Waals surface area contributed by atoms with E-state index in [1.165, 1.54) is 30.3 Å². The molecule has 2 atom stereocenters. The molecule has 0 amide bonds. The Hall–Kier alpha value is -3.46. The Labute approximate surface area is 202 Å². The summed E-state index contributed by atoms with van der Waals surface area (Å²) in [5, 5.41) is 32.7. The average molecular weight is 509 g/mol. The predicted octanol–water partition coefficient (Wildman–Crippen LogP) is 2.90. The van der Waals surface area contributed by atoms with Crippen molar-refractivity contribution in [3.8, 4) is 17.5 Å². The summed E-state index contributed by atoms with van der Waals surface area (Å²) < 4.78 is 40.2. The maximum Gasteiger partial charge on any atom is 0.416 e. The van der Waals surface area contributed by atoms with Crippen molar-refractivity contribution >= 4 is 17.4 Å². The molecule has 8 nitrogen and oxygen atoms in total. The normalized spacial score (nSPS) is 13.3.